The second kappa shape index (κ2) is 3.97. The van der Waals surface area contributed by atoms with Crippen LogP contribution in [0, 0.1) is 6.92 Å². The Morgan fingerprint density at radius 3 is 2.82 bits per heavy atom. The van der Waals surface area contributed by atoms with Gasteiger partial charge in [-0.3, -0.25) is 0 Å². The van der Waals surface area contributed by atoms with E-state index in [1.165, 1.54) is 5.56 Å². The molecule has 4 heteroatoms. The highest BCUT2D eigenvalue weighted by molar-refractivity contribution is 5.38. The highest BCUT2D eigenvalue weighted by atomic mass is 15.3. The largest absolute Gasteiger partial charge is 0.238 e. The van der Waals surface area contributed by atoms with Crippen LogP contribution in [0.3, 0.4) is 0 Å². The standard InChI is InChI=1S/C13H12N4/c1-10-7-12-14-9-15-17(12)13(16-10)8-11-5-3-2-4-6-11/h2-7,9H,8H2,1H3. The van der Waals surface area contributed by atoms with Crippen molar-refractivity contribution in [1.82, 2.24) is 19.6 Å². The third kappa shape index (κ3) is 1.89. The van der Waals surface area contributed by atoms with Crippen molar-refractivity contribution in [3.8, 4) is 0 Å². The zero-order valence-electron chi connectivity index (χ0n) is 9.54. The molecule has 0 saturated carbocycles. The van der Waals surface area contributed by atoms with Gasteiger partial charge in [0.2, 0.25) is 0 Å². The van der Waals surface area contributed by atoms with Crippen molar-refractivity contribution in [2.75, 3.05) is 0 Å². The molecule has 0 aliphatic rings. The summed E-state index contributed by atoms with van der Waals surface area (Å²) in [5.41, 5.74) is 3.04. The lowest BCUT2D eigenvalue weighted by atomic mass is 10.1. The first-order valence-electron chi connectivity index (χ1n) is 5.53. The van der Waals surface area contributed by atoms with Gasteiger partial charge in [-0.1, -0.05) is 30.3 Å². The Balaban J connectivity index is 2.08. The van der Waals surface area contributed by atoms with E-state index < -0.39 is 0 Å². The van der Waals surface area contributed by atoms with Crippen LogP contribution in [0.25, 0.3) is 5.65 Å². The van der Waals surface area contributed by atoms with Crippen molar-refractivity contribution < 1.29 is 0 Å². The predicted molar refractivity (Wildman–Crippen MR) is 64.8 cm³/mol. The molecule has 3 rings (SSSR count). The van der Waals surface area contributed by atoms with Crippen molar-refractivity contribution in [3.05, 3.63) is 59.8 Å². The highest BCUT2D eigenvalue weighted by Gasteiger charge is 2.06. The highest BCUT2D eigenvalue weighted by Crippen LogP contribution is 2.09. The van der Waals surface area contributed by atoms with E-state index in [1.54, 1.807) is 10.8 Å². The number of fused-ring (bicyclic) bond motifs is 1. The van der Waals surface area contributed by atoms with Gasteiger partial charge in [0, 0.05) is 18.2 Å². The minimum absolute atomic E-state index is 0.766. The third-order valence-electron chi connectivity index (χ3n) is 2.67. The molecule has 3 aromatic rings. The minimum atomic E-state index is 0.766. The van der Waals surface area contributed by atoms with Gasteiger partial charge < -0.3 is 0 Å². The summed E-state index contributed by atoms with van der Waals surface area (Å²) in [5.74, 6) is 0.920. The first kappa shape index (κ1) is 9.96. The van der Waals surface area contributed by atoms with Gasteiger partial charge in [0.25, 0.3) is 0 Å². The number of rotatable bonds is 2. The van der Waals surface area contributed by atoms with Crippen molar-refractivity contribution in [2.24, 2.45) is 0 Å². The lowest BCUT2D eigenvalue weighted by Gasteiger charge is -2.04. The average molecular weight is 224 g/mol. The van der Waals surface area contributed by atoms with E-state index >= 15 is 0 Å². The summed E-state index contributed by atoms with van der Waals surface area (Å²) in [6.45, 7) is 1.98. The monoisotopic (exact) mass is 224 g/mol. The molecule has 2 heterocycles. The van der Waals surface area contributed by atoms with Crippen LogP contribution in [-0.4, -0.2) is 19.6 Å². The number of nitrogens with zero attached hydrogens (tertiary/aromatic N) is 4. The summed E-state index contributed by atoms with van der Waals surface area (Å²) < 4.78 is 1.79. The van der Waals surface area contributed by atoms with Crippen molar-refractivity contribution in [2.45, 2.75) is 13.3 Å². The number of aromatic nitrogens is 4. The van der Waals surface area contributed by atoms with Crippen LogP contribution in [0.15, 0.2) is 42.7 Å². The number of hydrogen-bond donors (Lipinski definition) is 0. The molecule has 0 atom stereocenters. The minimum Gasteiger partial charge on any atom is -0.238 e. The molecule has 0 amide bonds. The van der Waals surface area contributed by atoms with E-state index in [4.69, 9.17) is 0 Å². The van der Waals surface area contributed by atoms with Gasteiger partial charge >= 0.3 is 0 Å². The zero-order valence-corrected chi connectivity index (χ0v) is 9.54. The van der Waals surface area contributed by atoms with Crippen LogP contribution in [-0.2, 0) is 6.42 Å². The normalized spacial score (nSPS) is 10.9. The Bertz CT molecular complexity index is 643. The molecule has 0 bridgehead atoms. The van der Waals surface area contributed by atoms with E-state index in [9.17, 15) is 0 Å². The van der Waals surface area contributed by atoms with Gasteiger partial charge in [0.05, 0.1) is 0 Å². The molecule has 2 aromatic heterocycles. The zero-order chi connectivity index (χ0) is 11.7. The van der Waals surface area contributed by atoms with E-state index in [-0.39, 0.29) is 0 Å². The van der Waals surface area contributed by atoms with Crippen LogP contribution in [0.5, 0.6) is 0 Å². The first-order valence-corrected chi connectivity index (χ1v) is 5.53. The maximum absolute atomic E-state index is 4.53. The lowest BCUT2D eigenvalue weighted by molar-refractivity contribution is 0.815. The third-order valence-corrected chi connectivity index (χ3v) is 2.67. The van der Waals surface area contributed by atoms with E-state index in [2.05, 4.69) is 27.2 Å². The van der Waals surface area contributed by atoms with E-state index in [1.807, 2.05) is 31.2 Å². The van der Waals surface area contributed by atoms with Gasteiger partial charge in [-0.15, -0.1) is 0 Å². The van der Waals surface area contributed by atoms with Gasteiger partial charge in [0.15, 0.2) is 5.65 Å². The van der Waals surface area contributed by atoms with E-state index in [0.717, 1.165) is 23.6 Å². The summed E-state index contributed by atoms with van der Waals surface area (Å²) >= 11 is 0. The quantitative estimate of drug-likeness (QED) is 0.669. The maximum atomic E-state index is 4.53. The molecule has 0 unspecified atom stereocenters. The molecule has 17 heavy (non-hydrogen) atoms. The van der Waals surface area contributed by atoms with Gasteiger partial charge in [-0.2, -0.15) is 9.61 Å². The number of benzene rings is 1. The first-order chi connectivity index (χ1) is 8.33. The Labute approximate surface area is 99.0 Å². The molecular formula is C13H12N4. The summed E-state index contributed by atoms with van der Waals surface area (Å²) in [6, 6.07) is 12.2. The fourth-order valence-electron chi connectivity index (χ4n) is 1.91. The molecule has 0 aliphatic heterocycles. The second-order valence-corrected chi connectivity index (χ2v) is 4.01. The molecule has 0 saturated heterocycles. The summed E-state index contributed by atoms with van der Waals surface area (Å²) in [6.07, 6.45) is 2.33. The fraction of sp³-hybridized carbons (Fsp3) is 0.154. The molecular weight excluding hydrogens is 212 g/mol. The van der Waals surface area contributed by atoms with Crippen LogP contribution in [0.1, 0.15) is 17.1 Å². The SMILES string of the molecule is Cc1cc2ncnn2c(Cc2ccccc2)n1. The molecule has 84 valence electrons. The van der Waals surface area contributed by atoms with Crippen LogP contribution < -0.4 is 0 Å². The maximum Gasteiger partial charge on any atom is 0.159 e. The topological polar surface area (TPSA) is 43.1 Å². The Morgan fingerprint density at radius 1 is 1.18 bits per heavy atom. The number of hydrogen-bond acceptors (Lipinski definition) is 3. The molecule has 0 fully saturated rings. The Kier molecular flexibility index (Phi) is 2.33. The number of aryl methyl sites for hydroxylation is 1. The van der Waals surface area contributed by atoms with Gasteiger partial charge in [-0.05, 0) is 12.5 Å². The van der Waals surface area contributed by atoms with Crippen molar-refractivity contribution in [1.29, 1.82) is 0 Å². The van der Waals surface area contributed by atoms with E-state index in [0.29, 0.717) is 0 Å². The molecule has 0 aliphatic carbocycles. The fourth-order valence-corrected chi connectivity index (χ4v) is 1.91. The summed E-state index contributed by atoms with van der Waals surface area (Å²) in [4.78, 5) is 8.72. The van der Waals surface area contributed by atoms with Gasteiger partial charge in [-0.25, -0.2) is 9.97 Å². The van der Waals surface area contributed by atoms with Crippen LogP contribution in [0.4, 0.5) is 0 Å². The summed E-state index contributed by atoms with van der Waals surface area (Å²) in [5, 5.41) is 4.20. The molecule has 0 radical (unpaired) electrons. The molecule has 1 aromatic carbocycles. The molecule has 0 N–H and O–H groups in total. The Morgan fingerprint density at radius 2 is 2.00 bits per heavy atom. The van der Waals surface area contributed by atoms with Crippen molar-refractivity contribution >= 4 is 5.65 Å². The molecule has 0 spiro atoms. The second-order valence-electron chi connectivity index (χ2n) is 4.01. The summed E-state index contributed by atoms with van der Waals surface area (Å²) in [7, 11) is 0. The average Bonchev–Trinajstić information content (AvgIpc) is 2.78. The van der Waals surface area contributed by atoms with Crippen LogP contribution in [0.2, 0.25) is 0 Å². The molecule has 4 nitrogen and oxygen atoms in total. The predicted octanol–water partition coefficient (Wildman–Crippen LogP) is 2.02. The smallest absolute Gasteiger partial charge is 0.159 e. The Hall–Kier alpha value is -2.23. The van der Waals surface area contributed by atoms with Crippen molar-refractivity contribution in [3.63, 3.8) is 0 Å². The lowest BCUT2D eigenvalue weighted by Crippen LogP contribution is -2.04. The van der Waals surface area contributed by atoms with Gasteiger partial charge in [0.1, 0.15) is 12.2 Å². The van der Waals surface area contributed by atoms with Crippen LogP contribution >= 0.6 is 0 Å².